The summed E-state index contributed by atoms with van der Waals surface area (Å²) in [6, 6.07) is 7.16. The monoisotopic (exact) mass is 433 g/mol. The summed E-state index contributed by atoms with van der Waals surface area (Å²) in [7, 11) is 1.35. The molecule has 0 aromatic heterocycles. The highest BCUT2D eigenvalue weighted by atomic mass is 16.7. The van der Waals surface area contributed by atoms with Crippen molar-refractivity contribution in [3.05, 3.63) is 47.2 Å². The molecular weight excluding hydrogens is 402 g/mol. The van der Waals surface area contributed by atoms with Crippen molar-refractivity contribution in [2.45, 2.75) is 37.9 Å². The summed E-state index contributed by atoms with van der Waals surface area (Å²) in [5.41, 5.74) is 1.44. The average Bonchev–Trinajstić information content (AvgIpc) is 2.83. The zero-order valence-corrected chi connectivity index (χ0v) is 18.0. The number of aliphatic hydroxyl groups is 1. The first kappa shape index (κ1) is 23.2. The lowest BCUT2D eigenvalue weighted by Gasteiger charge is -2.33. The predicted octanol–water partition coefficient (Wildman–Crippen LogP) is 2.23. The summed E-state index contributed by atoms with van der Waals surface area (Å²) in [5, 5.41) is 8.80. The van der Waals surface area contributed by atoms with Crippen LogP contribution in [-0.4, -0.2) is 74.8 Å². The number of piperidine rings is 1. The van der Waals surface area contributed by atoms with Gasteiger partial charge in [-0.05, 0) is 43.0 Å². The van der Waals surface area contributed by atoms with E-state index in [-0.39, 0.29) is 31.0 Å². The molecule has 2 heterocycles. The Bertz CT molecular complexity index is 756. The van der Waals surface area contributed by atoms with E-state index >= 15 is 0 Å². The maximum atomic E-state index is 13.0. The lowest BCUT2D eigenvalue weighted by Crippen LogP contribution is -2.39. The number of methoxy groups -OCH3 is 1. The van der Waals surface area contributed by atoms with Crippen LogP contribution in [0.15, 0.2) is 36.1 Å². The molecule has 2 aliphatic heterocycles. The van der Waals surface area contributed by atoms with Gasteiger partial charge in [0.05, 0.1) is 39.1 Å². The summed E-state index contributed by atoms with van der Waals surface area (Å²) < 4.78 is 21.7. The predicted molar refractivity (Wildman–Crippen MR) is 112 cm³/mol. The minimum absolute atomic E-state index is 0.0409. The summed E-state index contributed by atoms with van der Waals surface area (Å²) in [4.78, 5) is 26.6. The molecule has 2 aliphatic rings. The lowest BCUT2D eigenvalue weighted by molar-refractivity contribution is -0.157. The molecule has 0 saturated carbocycles. The quantitative estimate of drug-likeness (QED) is 0.471. The number of amides is 1. The molecule has 1 amide bonds. The zero-order valence-electron chi connectivity index (χ0n) is 18.0. The Labute approximate surface area is 182 Å². The molecule has 8 heteroatoms. The van der Waals surface area contributed by atoms with Crippen LogP contribution >= 0.6 is 0 Å². The van der Waals surface area contributed by atoms with Crippen molar-refractivity contribution in [2.24, 2.45) is 0 Å². The van der Waals surface area contributed by atoms with Gasteiger partial charge in [-0.1, -0.05) is 12.1 Å². The van der Waals surface area contributed by atoms with E-state index in [9.17, 15) is 9.59 Å². The molecule has 1 saturated heterocycles. The molecule has 8 nitrogen and oxygen atoms in total. The number of carbonyl (C=O) groups excluding carboxylic acids is 2. The second-order valence-corrected chi connectivity index (χ2v) is 7.59. The Morgan fingerprint density at radius 2 is 1.84 bits per heavy atom. The fourth-order valence-electron chi connectivity index (χ4n) is 3.79. The van der Waals surface area contributed by atoms with Gasteiger partial charge < -0.3 is 29.0 Å². The van der Waals surface area contributed by atoms with Crippen LogP contribution in [0.25, 0.3) is 0 Å². The van der Waals surface area contributed by atoms with Gasteiger partial charge in [-0.25, -0.2) is 4.79 Å². The van der Waals surface area contributed by atoms with Crippen molar-refractivity contribution in [2.75, 3.05) is 46.6 Å². The SMILES string of the molecule is COC(=O)c1ccc([C@@H]2C=C(C(=O)N3CCCCC3)O[C@H](OCCOCCO)C2)cc1. The van der Waals surface area contributed by atoms with E-state index in [1.165, 1.54) is 7.11 Å². The third kappa shape index (κ3) is 6.53. The van der Waals surface area contributed by atoms with Crippen molar-refractivity contribution < 1.29 is 33.6 Å². The summed E-state index contributed by atoms with van der Waals surface area (Å²) >= 11 is 0. The van der Waals surface area contributed by atoms with E-state index in [1.807, 2.05) is 23.1 Å². The van der Waals surface area contributed by atoms with Crippen LogP contribution in [-0.2, 0) is 23.7 Å². The number of carbonyl (C=O) groups is 2. The first-order valence-electron chi connectivity index (χ1n) is 10.8. The molecular formula is C23H31NO7. The van der Waals surface area contributed by atoms with Gasteiger partial charge in [0, 0.05) is 25.4 Å². The Balaban J connectivity index is 1.73. The Morgan fingerprint density at radius 3 is 2.52 bits per heavy atom. The molecule has 31 heavy (non-hydrogen) atoms. The number of nitrogens with zero attached hydrogens (tertiary/aromatic N) is 1. The van der Waals surface area contributed by atoms with Crippen molar-refractivity contribution in [3.63, 3.8) is 0 Å². The molecule has 0 bridgehead atoms. The number of aliphatic hydroxyl groups excluding tert-OH is 1. The number of likely N-dealkylation sites (tertiary alicyclic amines) is 1. The summed E-state index contributed by atoms with van der Waals surface area (Å²) in [6.07, 6.45) is 4.94. The van der Waals surface area contributed by atoms with E-state index in [2.05, 4.69) is 0 Å². The topological polar surface area (TPSA) is 94.5 Å². The van der Waals surface area contributed by atoms with Gasteiger partial charge >= 0.3 is 5.97 Å². The van der Waals surface area contributed by atoms with Gasteiger partial charge in [0.2, 0.25) is 6.29 Å². The second kappa shape index (κ2) is 11.8. The third-order valence-corrected chi connectivity index (χ3v) is 5.44. The summed E-state index contributed by atoms with van der Waals surface area (Å²) in [5.74, 6) is -0.288. The van der Waals surface area contributed by atoms with E-state index < -0.39 is 6.29 Å². The van der Waals surface area contributed by atoms with Crippen LogP contribution in [0, 0.1) is 0 Å². The van der Waals surface area contributed by atoms with Gasteiger partial charge in [-0.15, -0.1) is 0 Å². The lowest BCUT2D eigenvalue weighted by atomic mass is 9.92. The fourth-order valence-corrected chi connectivity index (χ4v) is 3.79. The number of benzene rings is 1. The van der Waals surface area contributed by atoms with Crippen LogP contribution in [0.2, 0.25) is 0 Å². The molecule has 1 fully saturated rings. The molecule has 3 rings (SSSR count). The van der Waals surface area contributed by atoms with Gasteiger partial charge in [0.25, 0.3) is 5.91 Å². The van der Waals surface area contributed by atoms with Crippen molar-refractivity contribution in [1.29, 1.82) is 0 Å². The van der Waals surface area contributed by atoms with Crippen LogP contribution in [0.4, 0.5) is 0 Å². The number of esters is 1. The maximum absolute atomic E-state index is 13.0. The van der Waals surface area contributed by atoms with Crippen molar-refractivity contribution in [1.82, 2.24) is 4.90 Å². The van der Waals surface area contributed by atoms with Gasteiger partial charge in [-0.2, -0.15) is 0 Å². The molecule has 1 aromatic rings. The van der Waals surface area contributed by atoms with Gasteiger partial charge in [-0.3, -0.25) is 4.79 Å². The van der Waals surface area contributed by atoms with E-state index in [4.69, 9.17) is 24.1 Å². The number of ether oxygens (including phenoxy) is 4. The number of rotatable bonds is 9. The fraction of sp³-hybridized carbons (Fsp3) is 0.565. The molecule has 0 unspecified atom stereocenters. The van der Waals surface area contributed by atoms with E-state index in [1.54, 1.807) is 12.1 Å². The van der Waals surface area contributed by atoms with E-state index in [0.29, 0.717) is 31.0 Å². The largest absolute Gasteiger partial charge is 0.465 e. The number of hydrogen-bond donors (Lipinski definition) is 1. The first-order valence-corrected chi connectivity index (χ1v) is 10.8. The van der Waals surface area contributed by atoms with E-state index in [0.717, 1.165) is 37.9 Å². The Hall–Kier alpha value is -2.42. The molecule has 0 radical (unpaired) electrons. The molecule has 1 N–H and O–H groups in total. The minimum Gasteiger partial charge on any atom is -0.465 e. The van der Waals surface area contributed by atoms with Crippen LogP contribution in [0.3, 0.4) is 0 Å². The normalized spacial score (nSPS) is 21.2. The van der Waals surface area contributed by atoms with Gasteiger partial charge in [0.15, 0.2) is 5.76 Å². The van der Waals surface area contributed by atoms with Crippen LogP contribution < -0.4 is 0 Å². The number of hydrogen-bond acceptors (Lipinski definition) is 7. The minimum atomic E-state index is -0.586. The summed E-state index contributed by atoms with van der Waals surface area (Å²) in [6.45, 7) is 2.31. The highest BCUT2D eigenvalue weighted by Crippen LogP contribution is 2.32. The first-order chi connectivity index (χ1) is 15.1. The smallest absolute Gasteiger partial charge is 0.337 e. The van der Waals surface area contributed by atoms with Crippen molar-refractivity contribution >= 4 is 11.9 Å². The highest BCUT2D eigenvalue weighted by molar-refractivity contribution is 5.92. The number of allylic oxidation sites excluding steroid dienone is 1. The second-order valence-electron chi connectivity index (χ2n) is 7.59. The highest BCUT2D eigenvalue weighted by Gasteiger charge is 2.31. The molecule has 0 spiro atoms. The van der Waals surface area contributed by atoms with Gasteiger partial charge in [0.1, 0.15) is 0 Å². The molecule has 2 atom stereocenters. The van der Waals surface area contributed by atoms with Crippen LogP contribution in [0.1, 0.15) is 47.5 Å². The zero-order chi connectivity index (χ0) is 22.1. The average molecular weight is 434 g/mol. The van der Waals surface area contributed by atoms with Crippen molar-refractivity contribution in [3.8, 4) is 0 Å². The Kier molecular flexibility index (Phi) is 8.87. The Morgan fingerprint density at radius 1 is 1.10 bits per heavy atom. The third-order valence-electron chi connectivity index (χ3n) is 5.44. The molecule has 1 aromatic carbocycles. The molecule has 0 aliphatic carbocycles. The molecule has 170 valence electrons. The standard InChI is InChI=1S/C23H31NO7/c1-28-23(27)18-7-5-17(6-8-18)19-15-20(22(26)24-9-3-2-4-10-24)31-21(16-19)30-14-13-29-12-11-25/h5-8,15,19,21,25H,2-4,9-14,16H2,1H3/t19-,21+/m1/s1. The van der Waals surface area contributed by atoms with Crippen LogP contribution in [0.5, 0.6) is 0 Å². The maximum Gasteiger partial charge on any atom is 0.337 e.